The molecule has 75 valence electrons. The second kappa shape index (κ2) is 6.62. The van der Waals surface area contributed by atoms with Crippen LogP contribution in [0.4, 0.5) is 0 Å². The summed E-state index contributed by atoms with van der Waals surface area (Å²) in [7, 11) is 7.29. The van der Waals surface area contributed by atoms with Crippen molar-refractivity contribution in [3.63, 3.8) is 0 Å². The minimum atomic E-state index is 1.16. The van der Waals surface area contributed by atoms with Gasteiger partial charge in [-0.25, -0.2) is 0 Å². The molecule has 1 heterocycles. The average Bonchev–Trinajstić information content (AvgIpc) is 2.34. The molecule has 1 aliphatic rings. The van der Waals surface area contributed by atoms with Crippen molar-refractivity contribution in [2.75, 3.05) is 0 Å². The number of fused-ring (bicyclic) bond motifs is 1. The maximum atomic E-state index is 5.58. The average molecular weight is 202 g/mol. The number of aryl methyl sites for hydroxylation is 2. The predicted octanol–water partition coefficient (Wildman–Crippen LogP) is 0.553. The van der Waals surface area contributed by atoms with Crippen LogP contribution in [0.25, 0.3) is 0 Å². The van der Waals surface area contributed by atoms with E-state index in [0.717, 1.165) is 5.25 Å². The Morgan fingerprint density at radius 1 is 0.812 bits per heavy atom. The Kier molecular flexibility index (Phi) is 5.13. The molecule has 0 saturated carbocycles. The quantitative estimate of drug-likeness (QED) is 0.584. The third-order valence-corrected chi connectivity index (χ3v) is 3.57. The van der Waals surface area contributed by atoms with E-state index in [-0.39, 0.29) is 0 Å². The van der Waals surface area contributed by atoms with Gasteiger partial charge in [-0.2, -0.15) is 0 Å². The summed E-state index contributed by atoms with van der Waals surface area (Å²) >= 11 is 0. The van der Waals surface area contributed by atoms with Crippen LogP contribution in [-0.2, 0) is 12.8 Å². The van der Waals surface area contributed by atoms with Crippen LogP contribution in [0, 0.1) is 0 Å². The fraction of sp³-hybridized carbons (Fsp3) is 0.727. The Balaban J connectivity index is 2.16. The third-order valence-electron chi connectivity index (χ3n) is 3.57. The number of hydrogen-bond donors (Lipinski definition) is 0. The molecule has 0 spiro atoms. The Morgan fingerprint density at radius 2 is 1.44 bits per heavy atom. The number of rotatable bonds is 1. The second-order valence-electron chi connectivity index (χ2n) is 4.82. The predicted molar refractivity (Wildman–Crippen MR) is 76.7 cm³/mol. The van der Waals surface area contributed by atoms with Crippen LogP contribution < -0.4 is 5.25 Å². The van der Waals surface area contributed by atoms with E-state index in [4.69, 9.17) is 7.74 Å². The van der Waals surface area contributed by atoms with E-state index in [9.17, 15) is 0 Å². The molecule has 3 radical (unpaired) electrons. The third kappa shape index (κ3) is 3.47. The summed E-state index contributed by atoms with van der Waals surface area (Å²) in [5.41, 5.74) is 3.08. The van der Waals surface area contributed by atoms with E-state index in [0.29, 0.717) is 0 Å². The van der Waals surface area contributed by atoms with E-state index in [1.807, 2.05) is 0 Å². The van der Waals surface area contributed by atoms with E-state index in [1.54, 1.807) is 12.6 Å². The van der Waals surface area contributed by atoms with Gasteiger partial charge in [0.25, 0.3) is 0 Å². The molecular weight excluding hydrogens is 186 g/mol. The molecule has 0 nitrogen and oxygen atoms in total. The summed E-state index contributed by atoms with van der Waals surface area (Å²) in [5, 5.41) is 1.16. The first-order valence-electron chi connectivity index (χ1n) is 6.57. The summed E-state index contributed by atoms with van der Waals surface area (Å²) < 4.78 is 0. The first kappa shape index (κ1) is 12.4. The molecule has 0 amide bonds. The molecule has 0 unspecified atom stereocenters. The fourth-order valence-corrected chi connectivity index (χ4v) is 2.56. The first-order chi connectivity index (χ1) is 7.90. The Labute approximate surface area is 103 Å². The van der Waals surface area contributed by atoms with Gasteiger partial charge in [-0.1, -0.05) is 0 Å². The monoisotopic (exact) mass is 203 g/mol. The molecule has 0 N–H and O–H groups in total. The van der Waals surface area contributed by atoms with Gasteiger partial charge < -0.3 is 0 Å². The van der Waals surface area contributed by atoms with Gasteiger partial charge >= 0.3 is 103 Å². The van der Waals surface area contributed by atoms with Crippen molar-refractivity contribution in [3.8, 4) is 0 Å². The normalized spacial score (nSPS) is 16.8. The molecule has 0 aromatic carbocycles. The zero-order valence-corrected chi connectivity index (χ0v) is 10.0. The Hall–Kier alpha value is -0.0653. The molecule has 0 saturated heterocycles. The van der Waals surface area contributed by atoms with E-state index in [1.165, 1.54) is 56.8 Å². The molecule has 0 bridgehead atoms. The van der Waals surface area contributed by atoms with Crippen LogP contribution in [0.3, 0.4) is 0 Å². The first-order valence-corrected chi connectivity index (χ1v) is 6.57. The molecular formula is C11H16B5. The van der Waals surface area contributed by atoms with Gasteiger partial charge in [0, 0.05) is 0 Å². The molecule has 1 aliphatic carbocycles. The van der Waals surface area contributed by atoms with Crippen molar-refractivity contribution < 1.29 is 0 Å². The van der Waals surface area contributed by atoms with E-state index in [2.05, 4.69) is 20.5 Å². The van der Waals surface area contributed by atoms with Crippen LogP contribution in [0.1, 0.15) is 49.4 Å². The Bertz CT molecular complexity index is 339. The van der Waals surface area contributed by atoms with Crippen molar-refractivity contribution >= 4 is 40.7 Å². The van der Waals surface area contributed by atoms with Crippen LogP contribution in [0.5, 0.6) is 0 Å². The van der Waals surface area contributed by atoms with Crippen molar-refractivity contribution in [1.82, 2.24) is 0 Å². The molecule has 1 aromatic heterocycles. The second-order valence-corrected chi connectivity index (χ2v) is 4.82. The molecule has 0 fully saturated rings. The topological polar surface area (TPSA) is 0 Å². The minimum absolute atomic E-state index is 1.16. The summed E-state index contributed by atoms with van der Waals surface area (Å²) in [5.74, 6) is 0. The summed E-state index contributed by atoms with van der Waals surface area (Å²) in [6, 6.07) is 0. The van der Waals surface area contributed by atoms with Gasteiger partial charge in [-0.3, -0.25) is 0 Å². The van der Waals surface area contributed by atoms with Crippen molar-refractivity contribution in [2.24, 2.45) is 0 Å². The van der Waals surface area contributed by atoms with Crippen molar-refractivity contribution in [2.45, 2.75) is 51.4 Å². The van der Waals surface area contributed by atoms with Crippen LogP contribution in [-0.4, -0.2) is 35.4 Å². The molecule has 2 rings (SSSR count). The molecule has 16 heavy (non-hydrogen) atoms. The van der Waals surface area contributed by atoms with Gasteiger partial charge in [0.2, 0.25) is 0 Å². The standard InChI is InChI=1S/C11H16B5/c12-14-11-13-9-7-5-3-1-2-4-6-8-10(9)15-16-11/h1-8H2. The zero-order chi connectivity index (χ0) is 11.2. The van der Waals surface area contributed by atoms with Gasteiger partial charge in [-0.05, 0) is 0 Å². The SMILES string of the molecule is [B][B]c1bbc2c(b1)CCCCCCCC2. The van der Waals surface area contributed by atoms with Gasteiger partial charge in [-0.15, -0.1) is 0 Å². The molecule has 1 aromatic rings. The van der Waals surface area contributed by atoms with E-state index >= 15 is 0 Å². The van der Waals surface area contributed by atoms with Crippen LogP contribution in [0.15, 0.2) is 0 Å². The molecule has 5 heteroatoms. The van der Waals surface area contributed by atoms with Gasteiger partial charge in [0.15, 0.2) is 0 Å². The van der Waals surface area contributed by atoms with E-state index < -0.39 is 0 Å². The maximum absolute atomic E-state index is 5.58. The van der Waals surface area contributed by atoms with Crippen LogP contribution >= 0.6 is 0 Å². The molecule has 0 aliphatic heterocycles. The van der Waals surface area contributed by atoms with Crippen molar-refractivity contribution in [3.05, 3.63) is 10.9 Å². The fourth-order valence-electron chi connectivity index (χ4n) is 2.56. The van der Waals surface area contributed by atoms with Crippen molar-refractivity contribution in [1.29, 1.82) is 0 Å². The number of hydrogen-bond acceptors (Lipinski definition) is 0. The summed E-state index contributed by atoms with van der Waals surface area (Å²) in [6.07, 6.45) is 10.8. The molecule has 0 atom stereocenters. The zero-order valence-electron chi connectivity index (χ0n) is 10.0. The summed E-state index contributed by atoms with van der Waals surface area (Å²) in [4.78, 5) is 0. The van der Waals surface area contributed by atoms with Gasteiger partial charge in [0.05, 0.1) is 0 Å². The van der Waals surface area contributed by atoms with Crippen LogP contribution in [0.2, 0.25) is 0 Å². The Morgan fingerprint density at radius 3 is 2.12 bits per heavy atom. The van der Waals surface area contributed by atoms with Gasteiger partial charge in [0.1, 0.15) is 0 Å². The summed E-state index contributed by atoms with van der Waals surface area (Å²) in [6.45, 7) is 6.69.